The van der Waals surface area contributed by atoms with Crippen LogP contribution in [0.5, 0.6) is 0 Å². The number of anilines is 1. The summed E-state index contributed by atoms with van der Waals surface area (Å²) in [4.78, 5) is 38.4. The summed E-state index contributed by atoms with van der Waals surface area (Å²) in [6.07, 6.45) is 1.18. The van der Waals surface area contributed by atoms with Crippen LogP contribution in [0.2, 0.25) is 0 Å². The first-order valence-electron chi connectivity index (χ1n) is 9.81. The number of benzene rings is 2. The zero-order valence-electron chi connectivity index (χ0n) is 17.1. The lowest BCUT2D eigenvalue weighted by Crippen LogP contribution is -2.38. The number of carbonyl (C=O) groups is 3. The molecule has 1 aliphatic heterocycles. The third-order valence-electron chi connectivity index (χ3n) is 4.98. The maximum absolute atomic E-state index is 12.6. The number of para-hydroxylation sites is 1. The number of nitrogens with one attached hydrogen (secondary N) is 2. The highest BCUT2D eigenvalue weighted by atomic mass is 16.2. The molecule has 6 nitrogen and oxygen atoms in total. The second-order valence-corrected chi connectivity index (χ2v) is 8.29. The van der Waals surface area contributed by atoms with Gasteiger partial charge in [-0.2, -0.15) is 0 Å². The standard InChI is InChI=1S/C23H27N3O3/c1-23(2,3)17-11-7-8-12-18(17)24-20(27)15-26-21(28)19(25-22(26)29)14-13-16-9-5-4-6-10-16/h4-12,19H,13-15H2,1-3H3,(H,24,27)(H,25,29)/t19-/m1/s1. The fourth-order valence-corrected chi connectivity index (χ4v) is 3.46. The van der Waals surface area contributed by atoms with Crippen LogP contribution in [0.3, 0.4) is 0 Å². The Morgan fingerprint density at radius 3 is 2.38 bits per heavy atom. The van der Waals surface area contributed by atoms with Crippen molar-refractivity contribution < 1.29 is 14.4 Å². The molecule has 3 rings (SSSR count). The molecule has 4 amide bonds. The van der Waals surface area contributed by atoms with Gasteiger partial charge in [0, 0.05) is 5.69 Å². The van der Waals surface area contributed by atoms with E-state index in [4.69, 9.17) is 0 Å². The SMILES string of the molecule is CC(C)(C)c1ccccc1NC(=O)CN1C(=O)N[C@H](CCc2ccccc2)C1=O. The monoisotopic (exact) mass is 393 g/mol. The van der Waals surface area contributed by atoms with Crippen molar-refractivity contribution in [2.75, 3.05) is 11.9 Å². The largest absolute Gasteiger partial charge is 0.326 e. The fraction of sp³-hybridized carbons (Fsp3) is 0.348. The van der Waals surface area contributed by atoms with Gasteiger partial charge in [0.2, 0.25) is 5.91 Å². The van der Waals surface area contributed by atoms with Crippen LogP contribution in [0, 0.1) is 0 Å². The lowest BCUT2D eigenvalue weighted by Gasteiger charge is -2.23. The molecule has 2 aromatic rings. The number of imide groups is 1. The first-order valence-corrected chi connectivity index (χ1v) is 9.81. The number of hydrogen-bond donors (Lipinski definition) is 2. The van der Waals surface area contributed by atoms with Gasteiger partial charge in [0.1, 0.15) is 12.6 Å². The molecule has 1 aliphatic rings. The third-order valence-corrected chi connectivity index (χ3v) is 4.98. The maximum atomic E-state index is 12.6. The van der Waals surface area contributed by atoms with E-state index in [2.05, 4.69) is 31.4 Å². The fourth-order valence-electron chi connectivity index (χ4n) is 3.46. The molecule has 1 atom stereocenters. The number of nitrogens with zero attached hydrogens (tertiary/aromatic N) is 1. The van der Waals surface area contributed by atoms with Gasteiger partial charge >= 0.3 is 6.03 Å². The van der Waals surface area contributed by atoms with E-state index in [1.807, 2.05) is 54.6 Å². The van der Waals surface area contributed by atoms with Crippen molar-refractivity contribution in [3.05, 3.63) is 65.7 Å². The number of rotatable bonds is 6. The van der Waals surface area contributed by atoms with Crippen molar-refractivity contribution in [3.8, 4) is 0 Å². The van der Waals surface area contributed by atoms with Gasteiger partial charge in [0.05, 0.1) is 0 Å². The van der Waals surface area contributed by atoms with E-state index in [0.717, 1.165) is 16.0 Å². The van der Waals surface area contributed by atoms with Gasteiger partial charge in [0.15, 0.2) is 0 Å². The van der Waals surface area contributed by atoms with Gasteiger partial charge in [-0.25, -0.2) is 4.79 Å². The highest BCUT2D eigenvalue weighted by Crippen LogP contribution is 2.29. The Bertz CT molecular complexity index is 903. The number of aryl methyl sites for hydroxylation is 1. The third kappa shape index (κ3) is 5.02. The molecule has 2 aromatic carbocycles. The van der Waals surface area contributed by atoms with Crippen molar-refractivity contribution >= 4 is 23.5 Å². The van der Waals surface area contributed by atoms with Crippen LogP contribution in [0.1, 0.15) is 38.3 Å². The minimum atomic E-state index is -0.600. The van der Waals surface area contributed by atoms with Gasteiger partial charge in [-0.05, 0) is 35.4 Å². The van der Waals surface area contributed by atoms with Gasteiger partial charge < -0.3 is 10.6 Å². The Balaban J connectivity index is 1.61. The quantitative estimate of drug-likeness (QED) is 0.738. The van der Waals surface area contributed by atoms with Crippen molar-refractivity contribution in [1.82, 2.24) is 10.2 Å². The van der Waals surface area contributed by atoms with Gasteiger partial charge in [-0.1, -0.05) is 69.3 Å². The minimum absolute atomic E-state index is 0.146. The van der Waals surface area contributed by atoms with Crippen LogP contribution < -0.4 is 10.6 Å². The molecule has 29 heavy (non-hydrogen) atoms. The van der Waals surface area contributed by atoms with E-state index in [0.29, 0.717) is 18.5 Å². The van der Waals surface area contributed by atoms with E-state index < -0.39 is 18.0 Å². The summed E-state index contributed by atoms with van der Waals surface area (Å²) in [6, 6.07) is 16.2. The highest BCUT2D eigenvalue weighted by Gasteiger charge is 2.38. The second-order valence-electron chi connectivity index (χ2n) is 8.29. The Morgan fingerprint density at radius 1 is 1.03 bits per heavy atom. The highest BCUT2D eigenvalue weighted by molar-refractivity contribution is 6.08. The summed E-state index contributed by atoms with van der Waals surface area (Å²) >= 11 is 0. The molecule has 0 aromatic heterocycles. The molecule has 0 unspecified atom stereocenters. The van der Waals surface area contributed by atoms with Crippen molar-refractivity contribution in [3.63, 3.8) is 0 Å². The smallest absolute Gasteiger partial charge is 0.325 e. The van der Waals surface area contributed by atoms with Crippen molar-refractivity contribution in [2.45, 2.75) is 45.1 Å². The molecule has 0 bridgehead atoms. The number of amides is 4. The average Bonchev–Trinajstić information content (AvgIpc) is 2.94. The summed E-state index contributed by atoms with van der Waals surface area (Å²) in [5.41, 5.74) is 2.64. The maximum Gasteiger partial charge on any atom is 0.325 e. The average molecular weight is 393 g/mol. The molecule has 6 heteroatoms. The first kappa shape index (κ1) is 20.6. The zero-order chi connectivity index (χ0) is 21.0. The lowest BCUT2D eigenvalue weighted by atomic mass is 9.86. The molecule has 0 aliphatic carbocycles. The lowest BCUT2D eigenvalue weighted by molar-refractivity contribution is -0.130. The van der Waals surface area contributed by atoms with Crippen LogP contribution in [0.4, 0.5) is 10.5 Å². The van der Waals surface area contributed by atoms with E-state index >= 15 is 0 Å². The van der Waals surface area contributed by atoms with E-state index in [1.165, 1.54) is 0 Å². The van der Waals surface area contributed by atoms with E-state index in [1.54, 1.807) is 0 Å². The molecular weight excluding hydrogens is 366 g/mol. The molecular formula is C23H27N3O3. The Hall–Kier alpha value is -3.15. The van der Waals surface area contributed by atoms with Gasteiger partial charge in [-0.15, -0.1) is 0 Å². The predicted octanol–water partition coefficient (Wildman–Crippen LogP) is 3.48. The molecule has 0 radical (unpaired) electrons. The Morgan fingerprint density at radius 2 is 1.69 bits per heavy atom. The van der Waals surface area contributed by atoms with Crippen LogP contribution in [0.25, 0.3) is 0 Å². The van der Waals surface area contributed by atoms with Crippen LogP contribution in [-0.4, -0.2) is 35.3 Å². The van der Waals surface area contributed by atoms with Gasteiger partial charge in [-0.3, -0.25) is 14.5 Å². The van der Waals surface area contributed by atoms with Gasteiger partial charge in [0.25, 0.3) is 5.91 Å². The topological polar surface area (TPSA) is 78.5 Å². The summed E-state index contributed by atoms with van der Waals surface area (Å²) in [6.45, 7) is 5.89. The van der Waals surface area contributed by atoms with E-state index in [-0.39, 0.29) is 17.9 Å². The molecule has 152 valence electrons. The minimum Gasteiger partial charge on any atom is -0.326 e. The normalized spacial score (nSPS) is 16.7. The Kier molecular flexibility index (Phi) is 6.01. The summed E-state index contributed by atoms with van der Waals surface area (Å²) in [5.74, 6) is -0.751. The first-order chi connectivity index (χ1) is 13.8. The predicted molar refractivity (Wildman–Crippen MR) is 113 cm³/mol. The molecule has 0 saturated carbocycles. The van der Waals surface area contributed by atoms with Crippen LogP contribution in [0.15, 0.2) is 54.6 Å². The zero-order valence-corrected chi connectivity index (χ0v) is 17.1. The molecule has 1 fully saturated rings. The van der Waals surface area contributed by atoms with E-state index in [9.17, 15) is 14.4 Å². The summed E-state index contributed by atoms with van der Waals surface area (Å²) < 4.78 is 0. The summed E-state index contributed by atoms with van der Waals surface area (Å²) in [5, 5.41) is 5.53. The molecule has 2 N–H and O–H groups in total. The van der Waals surface area contributed by atoms with Crippen LogP contribution >= 0.6 is 0 Å². The van der Waals surface area contributed by atoms with Crippen LogP contribution in [-0.2, 0) is 21.4 Å². The summed E-state index contributed by atoms with van der Waals surface area (Å²) in [7, 11) is 0. The second kappa shape index (κ2) is 8.47. The molecule has 0 spiro atoms. The number of hydrogen-bond acceptors (Lipinski definition) is 3. The van der Waals surface area contributed by atoms with Crippen molar-refractivity contribution in [1.29, 1.82) is 0 Å². The Labute approximate surface area is 171 Å². The number of urea groups is 1. The molecule has 1 saturated heterocycles. The molecule has 1 heterocycles. The number of carbonyl (C=O) groups excluding carboxylic acids is 3. The van der Waals surface area contributed by atoms with Crippen molar-refractivity contribution in [2.24, 2.45) is 0 Å².